The highest BCUT2D eigenvalue weighted by molar-refractivity contribution is 9.10. The number of fused-ring (bicyclic) bond motifs is 1. The molecule has 1 aliphatic carbocycles. The molecule has 5 heteroatoms. The van der Waals surface area contributed by atoms with E-state index in [-0.39, 0.29) is 24.4 Å². The van der Waals surface area contributed by atoms with Crippen molar-refractivity contribution in [3.8, 4) is 0 Å². The number of halogens is 2. The van der Waals surface area contributed by atoms with Gasteiger partial charge in [-0.2, -0.15) is 0 Å². The molecular weight excluding hydrogens is 304 g/mol. The topological polar surface area (TPSA) is 55.1 Å². The summed E-state index contributed by atoms with van der Waals surface area (Å²) < 4.78 is 1.09. The van der Waals surface area contributed by atoms with Gasteiger partial charge in [-0.1, -0.05) is 22.0 Å². The molecule has 0 bridgehead atoms. The lowest BCUT2D eigenvalue weighted by Gasteiger charge is -2.15. The summed E-state index contributed by atoms with van der Waals surface area (Å²) in [4.78, 5) is 11.5. The second kappa shape index (κ2) is 5.85. The maximum atomic E-state index is 11.5. The molecule has 17 heavy (non-hydrogen) atoms. The van der Waals surface area contributed by atoms with E-state index in [1.807, 2.05) is 6.07 Å². The smallest absolute Gasteiger partial charge is 0.237 e. The van der Waals surface area contributed by atoms with E-state index in [4.69, 9.17) is 5.73 Å². The Balaban J connectivity index is 0.00000144. The highest BCUT2D eigenvalue weighted by atomic mass is 79.9. The second-order valence-electron chi connectivity index (χ2n) is 4.23. The Kier molecular flexibility index (Phi) is 4.98. The number of aryl methyl sites for hydroxylation is 1. The van der Waals surface area contributed by atoms with Crippen LogP contribution in [-0.2, 0) is 11.2 Å². The van der Waals surface area contributed by atoms with Crippen LogP contribution in [0.25, 0.3) is 0 Å². The average Bonchev–Trinajstić information content (AvgIpc) is 2.60. The number of nitrogens with two attached hydrogens (primary N) is 1. The molecule has 0 spiro atoms. The first-order chi connectivity index (χ1) is 7.58. The van der Waals surface area contributed by atoms with Crippen molar-refractivity contribution in [2.45, 2.75) is 31.8 Å². The lowest BCUT2D eigenvalue weighted by Crippen LogP contribution is -2.39. The molecule has 1 amide bonds. The predicted octanol–water partition coefficient (Wildman–Crippen LogP) is 2.32. The highest BCUT2D eigenvalue weighted by Gasteiger charge is 2.24. The number of benzene rings is 1. The Morgan fingerprint density at radius 2 is 2.29 bits per heavy atom. The van der Waals surface area contributed by atoms with E-state index in [1.165, 1.54) is 11.1 Å². The van der Waals surface area contributed by atoms with Gasteiger partial charge in [0.1, 0.15) is 0 Å². The van der Waals surface area contributed by atoms with Crippen molar-refractivity contribution in [1.82, 2.24) is 5.32 Å². The minimum atomic E-state index is -0.445. The zero-order valence-corrected chi connectivity index (χ0v) is 12.0. The zero-order valence-electron chi connectivity index (χ0n) is 9.57. The van der Waals surface area contributed by atoms with Gasteiger partial charge in [0, 0.05) is 4.47 Å². The minimum absolute atomic E-state index is 0. The Hall–Kier alpha value is -0.580. The summed E-state index contributed by atoms with van der Waals surface area (Å²) in [5, 5.41) is 2.97. The van der Waals surface area contributed by atoms with Crippen LogP contribution >= 0.6 is 28.3 Å². The van der Waals surface area contributed by atoms with Gasteiger partial charge in [0.05, 0.1) is 12.1 Å². The van der Waals surface area contributed by atoms with Gasteiger partial charge in [-0.25, -0.2) is 0 Å². The van der Waals surface area contributed by atoms with Gasteiger partial charge < -0.3 is 11.1 Å². The number of nitrogens with one attached hydrogen (secondary N) is 1. The van der Waals surface area contributed by atoms with E-state index in [0.717, 1.165) is 17.3 Å². The lowest BCUT2D eigenvalue weighted by molar-refractivity contribution is -0.122. The third kappa shape index (κ3) is 3.21. The number of hydrogen-bond acceptors (Lipinski definition) is 2. The van der Waals surface area contributed by atoms with Crippen LogP contribution in [0.5, 0.6) is 0 Å². The van der Waals surface area contributed by atoms with Crippen LogP contribution in [0.2, 0.25) is 0 Å². The van der Waals surface area contributed by atoms with Crippen molar-refractivity contribution in [1.29, 1.82) is 0 Å². The van der Waals surface area contributed by atoms with Crippen LogP contribution in [0, 0.1) is 0 Å². The fourth-order valence-electron chi connectivity index (χ4n) is 2.04. The highest BCUT2D eigenvalue weighted by Crippen LogP contribution is 2.32. The number of amides is 1. The summed E-state index contributed by atoms with van der Waals surface area (Å²) in [7, 11) is 0. The summed E-state index contributed by atoms with van der Waals surface area (Å²) in [5.74, 6) is -0.0826. The summed E-state index contributed by atoms with van der Waals surface area (Å²) >= 11 is 3.45. The van der Waals surface area contributed by atoms with Crippen molar-refractivity contribution < 1.29 is 4.79 Å². The first-order valence-corrected chi connectivity index (χ1v) is 6.21. The predicted molar refractivity (Wildman–Crippen MR) is 74.2 cm³/mol. The Morgan fingerprint density at radius 1 is 1.59 bits per heavy atom. The van der Waals surface area contributed by atoms with Gasteiger partial charge in [0.2, 0.25) is 5.91 Å². The van der Waals surface area contributed by atoms with Crippen LogP contribution in [0.15, 0.2) is 22.7 Å². The Bertz CT molecular complexity index is 423. The van der Waals surface area contributed by atoms with Gasteiger partial charge >= 0.3 is 0 Å². The van der Waals surface area contributed by atoms with Crippen molar-refractivity contribution in [2.24, 2.45) is 5.73 Å². The summed E-state index contributed by atoms with van der Waals surface area (Å²) in [6.45, 7) is 1.70. The van der Waals surface area contributed by atoms with E-state index >= 15 is 0 Å². The van der Waals surface area contributed by atoms with E-state index in [2.05, 4.69) is 33.4 Å². The average molecular weight is 320 g/mol. The lowest BCUT2D eigenvalue weighted by atomic mass is 10.1. The maximum Gasteiger partial charge on any atom is 0.237 e. The molecule has 1 aromatic rings. The summed E-state index contributed by atoms with van der Waals surface area (Å²) in [6.07, 6.45) is 1.98. The van der Waals surface area contributed by atoms with Crippen LogP contribution in [-0.4, -0.2) is 11.9 Å². The SMILES string of the molecule is C[C@@H](N)C(=O)NC1CCc2cc(Br)ccc21.Cl. The molecule has 1 aliphatic rings. The quantitative estimate of drug-likeness (QED) is 0.879. The van der Waals surface area contributed by atoms with Crippen LogP contribution in [0.1, 0.15) is 30.5 Å². The van der Waals surface area contributed by atoms with Crippen LogP contribution in [0.4, 0.5) is 0 Å². The summed E-state index contributed by atoms with van der Waals surface area (Å²) in [5.41, 5.74) is 8.07. The molecule has 94 valence electrons. The second-order valence-corrected chi connectivity index (χ2v) is 5.15. The molecule has 1 aromatic carbocycles. The molecule has 0 aliphatic heterocycles. The molecule has 2 atom stereocenters. The summed E-state index contributed by atoms with van der Waals surface area (Å²) in [6, 6.07) is 5.88. The molecular formula is C12H16BrClN2O. The molecule has 0 saturated carbocycles. The van der Waals surface area contributed by atoms with Crippen molar-refractivity contribution in [2.75, 3.05) is 0 Å². The van der Waals surface area contributed by atoms with Gasteiger partial charge in [-0.15, -0.1) is 12.4 Å². The van der Waals surface area contributed by atoms with Crippen molar-refractivity contribution in [3.05, 3.63) is 33.8 Å². The molecule has 0 fully saturated rings. The van der Waals surface area contributed by atoms with Crippen molar-refractivity contribution >= 4 is 34.2 Å². The third-order valence-electron chi connectivity index (χ3n) is 2.91. The minimum Gasteiger partial charge on any atom is -0.348 e. The Morgan fingerprint density at radius 3 is 2.94 bits per heavy atom. The zero-order chi connectivity index (χ0) is 11.7. The van der Waals surface area contributed by atoms with E-state index in [9.17, 15) is 4.79 Å². The van der Waals surface area contributed by atoms with Gasteiger partial charge in [-0.05, 0) is 43.0 Å². The van der Waals surface area contributed by atoms with Gasteiger partial charge in [0.25, 0.3) is 0 Å². The molecule has 0 saturated heterocycles. The molecule has 1 unspecified atom stereocenters. The van der Waals surface area contributed by atoms with Crippen LogP contribution < -0.4 is 11.1 Å². The normalized spacial score (nSPS) is 19.1. The molecule has 3 N–H and O–H groups in total. The number of carbonyl (C=O) groups is 1. The van der Waals surface area contributed by atoms with E-state index in [1.54, 1.807) is 6.92 Å². The number of rotatable bonds is 2. The van der Waals surface area contributed by atoms with E-state index < -0.39 is 6.04 Å². The van der Waals surface area contributed by atoms with E-state index in [0.29, 0.717) is 0 Å². The maximum absolute atomic E-state index is 11.5. The largest absolute Gasteiger partial charge is 0.348 e. The first-order valence-electron chi connectivity index (χ1n) is 5.42. The van der Waals surface area contributed by atoms with Crippen molar-refractivity contribution in [3.63, 3.8) is 0 Å². The Labute approximate surface area is 116 Å². The molecule has 0 radical (unpaired) electrons. The number of carbonyl (C=O) groups excluding carboxylic acids is 1. The fraction of sp³-hybridized carbons (Fsp3) is 0.417. The first kappa shape index (κ1) is 14.5. The third-order valence-corrected chi connectivity index (χ3v) is 3.41. The molecule has 0 aromatic heterocycles. The van der Waals surface area contributed by atoms with Gasteiger partial charge in [0.15, 0.2) is 0 Å². The molecule has 0 heterocycles. The van der Waals surface area contributed by atoms with Gasteiger partial charge in [-0.3, -0.25) is 4.79 Å². The molecule has 3 nitrogen and oxygen atoms in total. The molecule has 2 rings (SSSR count). The van der Waals surface area contributed by atoms with Crippen LogP contribution in [0.3, 0.4) is 0 Å². The monoisotopic (exact) mass is 318 g/mol. The fourth-order valence-corrected chi connectivity index (χ4v) is 2.45. The standard InChI is InChI=1S/C12H15BrN2O.ClH/c1-7(14)12(16)15-11-5-2-8-6-9(13)3-4-10(8)11;/h3-4,6-7,11H,2,5,14H2,1H3,(H,15,16);1H/t7-,11?;/m1./s1. The number of hydrogen-bond donors (Lipinski definition) is 2.